The van der Waals surface area contributed by atoms with Gasteiger partial charge in [0.2, 0.25) is 0 Å². The van der Waals surface area contributed by atoms with Crippen LogP contribution in [0.25, 0.3) is 0 Å². The van der Waals surface area contributed by atoms with Crippen LogP contribution in [-0.4, -0.2) is 25.7 Å². The molecule has 0 amide bonds. The largest absolute Gasteiger partial charge is 0.465 e. The first-order valence-corrected chi connectivity index (χ1v) is 5.92. The van der Waals surface area contributed by atoms with Crippen molar-refractivity contribution in [1.82, 2.24) is 5.32 Å². The predicted octanol–water partition coefficient (Wildman–Crippen LogP) is 1.97. The summed E-state index contributed by atoms with van der Waals surface area (Å²) in [7, 11) is 0. The molecule has 1 unspecified atom stereocenters. The van der Waals surface area contributed by atoms with Crippen LogP contribution in [0.2, 0.25) is 0 Å². The van der Waals surface area contributed by atoms with Crippen LogP contribution in [0, 0.1) is 11.3 Å². The van der Waals surface area contributed by atoms with Crippen molar-refractivity contribution in [3.63, 3.8) is 0 Å². The molecule has 0 bridgehead atoms. The van der Waals surface area contributed by atoms with Crippen molar-refractivity contribution in [2.45, 2.75) is 40.0 Å². The highest BCUT2D eigenvalue weighted by atomic mass is 16.5. The van der Waals surface area contributed by atoms with Crippen LogP contribution in [0.1, 0.15) is 40.0 Å². The van der Waals surface area contributed by atoms with Crippen molar-refractivity contribution in [1.29, 1.82) is 0 Å². The zero-order valence-corrected chi connectivity index (χ0v) is 10.1. The third kappa shape index (κ3) is 4.65. The van der Waals surface area contributed by atoms with Crippen LogP contribution in [0.4, 0.5) is 0 Å². The van der Waals surface area contributed by atoms with Gasteiger partial charge in [-0.15, -0.1) is 0 Å². The Morgan fingerprint density at radius 2 is 2.20 bits per heavy atom. The molecule has 0 aliphatic heterocycles. The van der Waals surface area contributed by atoms with Crippen LogP contribution >= 0.6 is 0 Å². The third-order valence-electron chi connectivity index (χ3n) is 3.14. The lowest BCUT2D eigenvalue weighted by Crippen LogP contribution is -2.27. The average Bonchev–Trinajstić information content (AvgIpc) is 2.74. The summed E-state index contributed by atoms with van der Waals surface area (Å²) in [6.45, 7) is 8.47. The Bertz CT molecular complexity index is 214. The second-order valence-corrected chi connectivity index (χ2v) is 5.09. The maximum atomic E-state index is 11.2. The van der Waals surface area contributed by atoms with Crippen molar-refractivity contribution < 1.29 is 9.53 Å². The number of rotatable bonds is 7. The third-order valence-corrected chi connectivity index (χ3v) is 3.14. The molecule has 1 aliphatic rings. The van der Waals surface area contributed by atoms with Crippen LogP contribution in [-0.2, 0) is 9.53 Å². The molecule has 1 rings (SSSR count). The first-order valence-electron chi connectivity index (χ1n) is 5.92. The van der Waals surface area contributed by atoms with E-state index in [1.165, 1.54) is 6.42 Å². The number of ether oxygens (including phenoxy) is 1. The maximum Gasteiger partial charge on any atom is 0.319 e. The standard InChI is InChI=1S/C12H23NO2/c1-4-5-6-15-11(14)9-13-8-10-7-12(10,2)3/h10,13H,4-9H2,1-3H3. The molecule has 88 valence electrons. The normalized spacial score (nSPS) is 22.5. The molecule has 3 nitrogen and oxygen atoms in total. The van der Waals surface area contributed by atoms with E-state index >= 15 is 0 Å². The fourth-order valence-corrected chi connectivity index (χ4v) is 1.65. The van der Waals surface area contributed by atoms with Crippen molar-refractivity contribution in [3.8, 4) is 0 Å². The van der Waals surface area contributed by atoms with Crippen molar-refractivity contribution in [2.75, 3.05) is 19.7 Å². The molecule has 1 aliphatic carbocycles. The highest BCUT2D eigenvalue weighted by Gasteiger charge is 2.44. The molecule has 3 heteroatoms. The molecular weight excluding hydrogens is 190 g/mol. The van der Waals surface area contributed by atoms with E-state index in [1.807, 2.05) is 0 Å². The number of unbranched alkanes of at least 4 members (excludes halogenated alkanes) is 1. The van der Waals surface area contributed by atoms with Gasteiger partial charge in [0.25, 0.3) is 0 Å². The minimum absolute atomic E-state index is 0.123. The molecule has 0 aromatic carbocycles. The van der Waals surface area contributed by atoms with E-state index in [-0.39, 0.29) is 5.97 Å². The van der Waals surface area contributed by atoms with Gasteiger partial charge in [-0.25, -0.2) is 0 Å². The van der Waals surface area contributed by atoms with Gasteiger partial charge in [0.1, 0.15) is 0 Å². The summed E-state index contributed by atoms with van der Waals surface area (Å²) >= 11 is 0. The van der Waals surface area contributed by atoms with Gasteiger partial charge in [-0.1, -0.05) is 27.2 Å². The van der Waals surface area contributed by atoms with E-state index in [9.17, 15) is 4.79 Å². The van der Waals surface area contributed by atoms with Gasteiger partial charge in [0, 0.05) is 0 Å². The van der Waals surface area contributed by atoms with E-state index in [0.717, 1.165) is 25.3 Å². The summed E-state index contributed by atoms with van der Waals surface area (Å²) in [4.78, 5) is 11.2. The monoisotopic (exact) mass is 213 g/mol. The fourth-order valence-electron chi connectivity index (χ4n) is 1.65. The first kappa shape index (κ1) is 12.5. The smallest absolute Gasteiger partial charge is 0.319 e. The number of hydrogen-bond acceptors (Lipinski definition) is 3. The minimum Gasteiger partial charge on any atom is -0.465 e. The Kier molecular flexibility index (Phi) is 4.58. The van der Waals surface area contributed by atoms with Gasteiger partial charge < -0.3 is 10.1 Å². The van der Waals surface area contributed by atoms with Gasteiger partial charge in [-0.05, 0) is 30.7 Å². The van der Waals surface area contributed by atoms with E-state index in [2.05, 4.69) is 26.1 Å². The maximum absolute atomic E-state index is 11.2. The fraction of sp³-hybridized carbons (Fsp3) is 0.917. The molecule has 0 radical (unpaired) electrons. The van der Waals surface area contributed by atoms with Gasteiger partial charge in [-0.3, -0.25) is 4.79 Å². The van der Waals surface area contributed by atoms with E-state index in [4.69, 9.17) is 4.74 Å². The molecule has 0 saturated heterocycles. The van der Waals surface area contributed by atoms with Crippen LogP contribution in [0.5, 0.6) is 0 Å². The Morgan fingerprint density at radius 3 is 2.73 bits per heavy atom. The zero-order valence-electron chi connectivity index (χ0n) is 10.1. The summed E-state index contributed by atoms with van der Waals surface area (Å²) in [5.74, 6) is 0.614. The Balaban J connectivity index is 1.94. The summed E-state index contributed by atoms with van der Waals surface area (Å²) in [5, 5.41) is 3.16. The van der Waals surface area contributed by atoms with Crippen LogP contribution in [0.15, 0.2) is 0 Å². The zero-order chi connectivity index (χ0) is 11.3. The molecule has 0 aromatic rings. The first-order chi connectivity index (χ1) is 7.06. The summed E-state index contributed by atoms with van der Waals surface area (Å²) in [6, 6.07) is 0. The minimum atomic E-state index is -0.123. The number of esters is 1. The predicted molar refractivity (Wildman–Crippen MR) is 60.6 cm³/mol. The number of hydrogen-bond donors (Lipinski definition) is 1. The molecule has 0 spiro atoms. The van der Waals surface area contributed by atoms with Crippen molar-refractivity contribution >= 4 is 5.97 Å². The topological polar surface area (TPSA) is 38.3 Å². The number of carbonyl (C=O) groups excluding carboxylic acids is 1. The quantitative estimate of drug-likeness (QED) is 0.519. The molecule has 1 N–H and O–H groups in total. The van der Waals surface area contributed by atoms with Gasteiger partial charge in [0.15, 0.2) is 0 Å². The lowest BCUT2D eigenvalue weighted by molar-refractivity contribution is -0.142. The highest BCUT2D eigenvalue weighted by Crippen LogP contribution is 2.50. The van der Waals surface area contributed by atoms with Gasteiger partial charge >= 0.3 is 5.97 Å². The second kappa shape index (κ2) is 5.50. The molecule has 0 aromatic heterocycles. The van der Waals surface area contributed by atoms with E-state index in [1.54, 1.807) is 0 Å². The summed E-state index contributed by atoms with van der Waals surface area (Å²) < 4.78 is 5.04. The summed E-state index contributed by atoms with van der Waals surface area (Å²) in [6.07, 6.45) is 3.29. The molecular formula is C12H23NO2. The van der Waals surface area contributed by atoms with Crippen molar-refractivity contribution in [3.05, 3.63) is 0 Å². The molecule has 1 fully saturated rings. The molecule has 1 atom stereocenters. The number of carbonyl (C=O) groups is 1. The van der Waals surface area contributed by atoms with Crippen LogP contribution in [0.3, 0.4) is 0 Å². The van der Waals surface area contributed by atoms with Gasteiger partial charge in [0.05, 0.1) is 13.2 Å². The Hall–Kier alpha value is -0.570. The van der Waals surface area contributed by atoms with E-state index in [0.29, 0.717) is 18.6 Å². The Morgan fingerprint density at radius 1 is 1.53 bits per heavy atom. The average molecular weight is 213 g/mol. The second-order valence-electron chi connectivity index (χ2n) is 5.09. The molecule has 0 heterocycles. The summed E-state index contributed by atoms with van der Waals surface area (Å²) in [5.41, 5.74) is 0.485. The lowest BCUT2D eigenvalue weighted by Gasteiger charge is -2.06. The van der Waals surface area contributed by atoms with Crippen molar-refractivity contribution in [2.24, 2.45) is 11.3 Å². The highest BCUT2D eigenvalue weighted by molar-refractivity contribution is 5.71. The van der Waals surface area contributed by atoms with Gasteiger partial charge in [-0.2, -0.15) is 0 Å². The molecule has 1 saturated carbocycles. The van der Waals surface area contributed by atoms with E-state index < -0.39 is 0 Å². The SMILES string of the molecule is CCCCOC(=O)CNCC1CC1(C)C. The Labute approximate surface area is 92.6 Å². The lowest BCUT2D eigenvalue weighted by atomic mass is 10.1. The van der Waals surface area contributed by atoms with Crippen LogP contribution < -0.4 is 5.32 Å². The number of nitrogens with one attached hydrogen (secondary N) is 1. The molecule has 15 heavy (non-hydrogen) atoms.